The topological polar surface area (TPSA) is 80.7 Å². The van der Waals surface area contributed by atoms with Gasteiger partial charge in [-0.3, -0.25) is 10.1 Å². The number of aryl methyl sites for hydroxylation is 3. The van der Waals surface area contributed by atoms with E-state index in [-0.39, 0.29) is 11.2 Å². The lowest BCUT2D eigenvalue weighted by Crippen LogP contribution is -2.24. The van der Waals surface area contributed by atoms with Crippen LogP contribution in [0.2, 0.25) is 0 Å². The minimum Gasteiger partial charge on any atom is -0.300 e. The molecule has 6 nitrogen and oxygen atoms in total. The zero-order chi connectivity index (χ0) is 15.4. The second-order valence-electron chi connectivity index (χ2n) is 4.56. The van der Waals surface area contributed by atoms with E-state index in [0.29, 0.717) is 16.7 Å². The maximum absolute atomic E-state index is 12.3. The summed E-state index contributed by atoms with van der Waals surface area (Å²) in [6.07, 6.45) is 0.685. The van der Waals surface area contributed by atoms with Gasteiger partial charge in [-0.25, -0.2) is 9.97 Å². The predicted octanol–water partition coefficient (Wildman–Crippen LogP) is 2.76. The fourth-order valence-corrected chi connectivity index (χ4v) is 3.30. The quantitative estimate of drug-likeness (QED) is 0.673. The highest BCUT2D eigenvalue weighted by molar-refractivity contribution is 8.00. The first-order valence-electron chi connectivity index (χ1n) is 6.58. The first kappa shape index (κ1) is 15.8. The van der Waals surface area contributed by atoms with Crippen LogP contribution in [0.1, 0.15) is 29.7 Å². The van der Waals surface area contributed by atoms with Crippen LogP contribution in [0.5, 0.6) is 0 Å². The fourth-order valence-electron chi connectivity index (χ4n) is 1.73. The van der Waals surface area contributed by atoms with Crippen molar-refractivity contribution in [3.8, 4) is 0 Å². The second kappa shape index (κ2) is 6.95. The molecule has 1 atom stereocenters. The van der Waals surface area contributed by atoms with Crippen LogP contribution in [0.15, 0.2) is 11.2 Å². The van der Waals surface area contributed by atoms with E-state index in [0.717, 1.165) is 16.4 Å². The van der Waals surface area contributed by atoms with Crippen molar-refractivity contribution in [2.75, 3.05) is 5.32 Å². The molecule has 0 aliphatic heterocycles. The number of hydrogen-bond donors (Lipinski definition) is 1. The molecule has 0 saturated carbocycles. The van der Waals surface area contributed by atoms with Crippen molar-refractivity contribution < 1.29 is 4.79 Å². The minimum absolute atomic E-state index is 0.0959. The molecule has 0 fully saturated rings. The van der Waals surface area contributed by atoms with Crippen molar-refractivity contribution in [3.05, 3.63) is 22.5 Å². The van der Waals surface area contributed by atoms with E-state index in [2.05, 4.69) is 25.5 Å². The zero-order valence-corrected chi connectivity index (χ0v) is 14.0. The lowest BCUT2D eigenvalue weighted by Gasteiger charge is -2.12. The molecule has 0 aliphatic carbocycles. The smallest absolute Gasteiger partial charge is 0.239 e. The van der Waals surface area contributed by atoms with Gasteiger partial charge in [0.25, 0.3) is 0 Å². The molecule has 0 unspecified atom stereocenters. The lowest BCUT2D eigenvalue weighted by atomic mass is 10.3. The highest BCUT2D eigenvalue weighted by atomic mass is 32.2. The summed E-state index contributed by atoms with van der Waals surface area (Å²) in [5.74, 6) is -0.0959. The van der Waals surface area contributed by atoms with Gasteiger partial charge in [0.1, 0.15) is 5.01 Å². The van der Waals surface area contributed by atoms with E-state index in [1.165, 1.54) is 23.1 Å². The third-order valence-electron chi connectivity index (χ3n) is 2.63. The van der Waals surface area contributed by atoms with Crippen LogP contribution >= 0.6 is 23.1 Å². The Hall–Kier alpha value is -1.54. The molecule has 0 bridgehead atoms. The van der Waals surface area contributed by atoms with Gasteiger partial charge >= 0.3 is 0 Å². The van der Waals surface area contributed by atoms with Crippen LogP contribution < -0.4 is 5.32 Å². The van der Waals surface area contributed by atoms with Crippen molar-refractivity contribution in [2.45, 2.75) is 44.5 Å². The number of aromatic nitrogens is 4. The van der Waals surface area contributed by atoms with Gasteiger partial charge in [-0.2, -0.15) is 0 Å². The van der Waals surface area contributed by atoms with Crippen LogP contribution in [-0.4, -0.2) is 31.3 Å². The molecule has 0 radical (unpaired) electrons. The number of thioether (sulfide) groups is 1. The van der Waals surface area contributed by atoms with Gasteiger partial charge in [-0.1, -0.05) is 30.0 Å². The van der Waals surface area contributed by atoms with E-state index in [4.69, 9.17) is 0 Å². The Balaban J connectivity index is 2.06. The van der Waals surface area contributed by atoms with Crippen LogP contribution in [0.3, 0.4) is 0 Å². The van der Waals surface area contributed by atoms with Gasteiger partial charge in [0, 0.05) is 11.4 Å². The molecule has 21 heavy (non-hydrogen) atoms. The number of hydrogen-bond acceptors (Lipinski definition) is 7. The molecule has 0 aliphatic rings. The molecule has 112 valence electrons. The summed E-state index contributed by atoms with van der Waals surface area (Å²) in [5.41, 5.74) is 1.81. The molecule has 2 rings (SSSR count). The highest BCUT2D eigenvalue weighted by Crippen LogP contribution is 2.24. The Bertz CT molecular complexity index is 623. The van der Waals surface area contributed by atoms with Crippen molar-refractivity contribution in [1.82, 2.24) is 20.2 Å². The van der Waals surface area contributed by atoms with Crippen molar-refractivity contribution >= 4 is 34.1 Å². The molecular weight excluding hydrogens is 306 g/mol. The number of carbonyl (C=O) groups is 1. The van der Waals surface area contributed by atoms with Gasteiger partial charge in [0.15, 0.2) is 5.16 Å². The molecule has 2 heterocycles. The fraction of sp³-hybridized carbons (Fsp3) is 0.462. The Labute approximate surface area is 131 Å². The van der Waals surface area contributed by atoms with Crippen LogP contribution in [0.4, 0.5) is 5.13 Å². The Morgan fingerprint density at radius 3 is 2.48 bits per heavy atom. The molecular formula is C13H17N5OS2. The Morgan fingerprint density at radius 2 is 1.95 bits per heavy atom. The largest absolute Gasteiger partial charge is 0.300 e. The third kappa shape index (κ3) is 4.47. The van der Waals surface area contributed by atoms with E-state index < -0.39 is 0 Å². The number of nitrogens with zero attached hydrogens (tertiary/aromatic N) is 4. The van der Waals surface area contributed by atoms with Gasteiger partial charge in [0.05, 0.1) is 5.25 Å². The number of amides is 1. The van der Waals surface area contributed by atoms with Crippen LogP contribution in [-0.2, 0) is 4.79 Å². The van der Waals surface area contributed by atoms with E-state index in [9.17, 15) is 4.79 Å². The van der Waals surface area contributed by atoms with E-state index >= 15 is 0 Å². The third-order valence-corrected chi connectivity index (χ3v) is 4.61. The Kier molecular flexibility index (Phi) is 5.24. The standard InChI is InChI=1S/C13H17N5OS2/c1-5-10(11(19)16-13-18-17-9(4)20-13)21-12-14-7(2)6-8(3)15-12/h6,10H,5H2,1-4H3,(H,16,18,19)/t10-/m0/s1. The molecule has 1 amide bonds. The first-order chi connectivity index (χ1) is 9.97. The maximum atomic E-state index is 12.3. The summed E-state index contributed by atoms with van der Waals surface area (Å²) < 4.78 is 0. The number of carbonyl (C=O) groups excluding carboxylic acids is 1. The molecule has 0 aromatic carbocycles. The summed E-state index contributed by atoms with van der Waals surface area (Å²) in [7, 11) is 0. The van der Waals surface area contributed by atoms with Crippen LogP contribution in [0, 0.1) is 20.8 Å². The van der Waals surface area contributed by atoms with E-state index in [1.54, 1.807) is 0 Å². The van der Waals surface area contributed by atoms with Crippen molar-refractivity contribution in [2.24, 2.45) is 0 Å². The summed E-state index contributed by atoms with van der Waals surface area (Å²) in [6, 6.07) is 1.91. The highest BCUT2D eigenvalue weighted by Gasteiger charge is 2.21. The van der Waals surface area contributed by atoms with E-state index in [1.807, 2.05) is 33.8 Å². The zero-order valence-electron chi connectivity index (χ0n) is 12.4. The van der Waals surface area contributed by atoms with Gasteiger partial charge in [-0.15, -0.1) is 10.2 Å². The van der Waals surface area contributed by atoms with Gasteiger partial charge < -0.3 is 0 Å². The normalized spacial score (nSPS) is 12.2. The molecule has 2 aromatic rings. The van der Waals surface area contributed by atoms with Gasteiger partial charge in [-0.05, 0) is 33.3 Å². The lowest BCUT2D eigenvalue weighted by molar-refractivity contribution is -0.115. The average Bonchev–Trinajstić information content (AvgIpc) is 2.80. The monoisotopic (exact) mass is 323 g/mol. The molecule has 0 spiro atoms. The summed E-state index contributed by atoms with van der Waals surface area (Å²) in [5, 5.41) is 12.3. The second-order valence-corrected chi connectivity index (χ2v) is 6.92. The summed E-state index contributed by atoms with van der Waals surface area (Å²) in [4.78, 5) is 21.0. The van der Waals surface area contributed by atoms with Crippen LogP contribution in [0.25, 0.3) is 0 Å². The Morgan fingerprint density at radius 1 is 1.29 bits per heavy atom. The predicted molar refractivity (Wildman–Crippen MR) is 84.7 cm³/mol. The summed E-state index contributed by atoms with van der Waals surface area (Å²) >= 11 is 2.73. The SMILES string of the molecule is CC[C@H](Sc1nc(C)cc(C)n1)C(=O)Nc1nnc(C)s1. The number of rotatable bonds is 5. The summed E-state index contributed by atoms with van der Waals surface area (Å²) in [6.45, 7) is 7.65. The van der Waals surface area contributed by atoms with Gasteiger partial charge in [0.2, 0.25) is 11.0 Å². The van der Waals surface area contributed by atoms with Crippen molar-refractivity contribution in [3.63, 3.8) is 0 Å². The number of anilines is 1. The molecule has 2 aromatic heterocycles. The molecule has 8 heteroatoms. The molecule has 1 N–H and O–H groups in total. The maximum Gasteiger partial charge on any atom is 0.239 e. The van der Waals surface area contributed by atoms with Crippen molar-refractivity contribution in [1.29, 1.82) is 0 Å². The molecule has 0 saturated heterocycles. The first-order valence-corrected chi connectivity index (χ1v) is 8.27. The average molecular weight is 323 g/mol. The number of nitrogens with one attached hydrogen (secondary N) is 1. The minimum atomic E-state index is -0.254.